The van der Waals surface area contributed by atoms with Crippen LogP contribution in [0.4, 0.5) is 0 Å². The molecule has 4 heteroatoms. The zero-order valence-electron chi connectivity index (χ0n) is 15.9. The fraction of sp³-hybridized carbons (Fsp3) is 0.429. The third-order valence-corrected chi connectivity index (χ3v) is 4.55. The van der Waals surface area contributed by atoms with E-state index in [1.807, 2.05) is 12.1 Å². The van der Waals surface area contributed by atoms with E-state index < -0.39 is 0 Å². The highest BCUT2D eigenvalue weighted by Crippen LogP contribution is 2.38. The van der Waals surface area contributed by atoms with Crippen LogP contribution in [0.1, 0.15) is 31.4 Å². The minimum Gasteiger partial charge on any atom is -0.493 e. The Balaban J connectivity index is 2.28. The molecular formula is C21H29NO3. The molecule has 1 atom stereocenters. The predicted molar refractivity (Wildman–Crippen MR) is 102 cm³/mol. The molecule has 25 heavy (non-hydrogen) atoms. The van der Waals surface area contributed by atoms with Gasteiger partial charge >= 0.3 is 0 Å². The average Bonchev–Trinajstić information content (AvgIpc) is 2.66. The fourth-order valence-electron chi connectivity index (χ4n) is 2.90. The zero-order chi connectivity index (χ0) is 18.2. The molecule has 0 saturated carbocycles. The Hall–Kier alpha value is -2.20. The lowest BCUT2D eigenvalue weighted by molar-refractivity contribution is 0.185. The van der Waals surface area contributed by atoms with Crippen LogP contribution in [0, 0.1) is 0 Å². The van der Waals surface area contributed by atoms with Crippen LogP contribution in [0.2, 0.25) is 0 Å². The molecule has 2 rings (SSSR count). The quantitative estimate of drug-likeness (QED) is 0.670. The van der Waals surface area contributed by atoms with Crippen molar-refractivity contribution >= 4 is 0 Å². The van der Waals surface area contributed by atoms with E-state index in [1.165, 1.54) is 5.56 Å². The summed E-state index contributed by atoms with van der Waals surface area (Å²) in [4.78, 5) is 2.47. The molecule has 2 aromatic rings. The maximum Gasteiger partial charge on any atom is 0.203 e. The summed E-state index contributed by atoms with van der Waals surface area (Å²) >= 11 is 0. The zero-order valence-corrected chi connectivity index (χ0v) is 15.9. The van der Waals surface area contributed by atoms with Gasteiger partial charge in [0.1, 0.15) is 0 Å². The second kappa shape index (κ2) is 9.33. The minimum absolute atomic E-state index is 0.472. The van der Waals surface area contributed by atoms with Crippen LogP contribution in [-0.4, -0.2) is 32.3 Å². The molecule has 4 nitrogen and oxygen atoms in total. The van der Waals surface area contributed by atoms with E-state index in [1.54, 1.807) is 21.3 Å². The number of hydrogen-bond donors (Lipinski definition) is 0. The van der Waals surface area contributed by atoms with E-state index in [0.29, 0.717) is 23.3 Å². The average molecular weight is 343 g/mol. The van der Waals surface area contributed by atoms with Gasteiger partial charge in [0, 0.05) is 19.1 Å². The van der Waals surface area contributed by atoms with Gasteiger partial charge in [-0.05, 0) is 36.6 Å². The molecule has 136 valence electrons. The standard InChI is InChI=1S/C21H29NO3/c1-6-16(2)22(14-17-10-8-7-9-11-17)15-18-12-19(23-3)21(25-5)20(13-18)24-4/h7-13,16H,6,14-15H2,1-5H3/t16-/m0/s1. The van der Waals surface area contributed by atoms with E-state index in [0.717, 1.165) is 25.1 Å². The van der Waals surface area contributed by atoms with E-state index in [-0.39, 0.29) is 0 Å². The van der Waals surface area contributed by atoms with E-state index in [2.05, 4.69) is 49.1 Å². The van der Waals surface area contributed by atoms with Crippen molar-refractivity contribution in [1.82, 2.24) is 4.90 Å². The normalized spacial score (nSPS) is 12.1. The third-order valence-electron chi connectivity index (χ3n) is 4.55. The van der Waals surface area contributed by atoms with Crippen molar-refractivity contribution in [2.24, 2.45) is 0 Å². The van der Waals surface area contributed by atoms with Gasteiger partial charge in [0.15, 0.2) is 11.5 Å². The lowest BCUT2D eigenvalue weighted by Crippen LogP contribution is -2.31. The largest absolute Gasteiger partial charge is 0.493 e. The molecule has 0 aliphatic carbocycles. The topological polar surface area (TPSA) is 30.9 Å². The number of nitrogens with zero attached hydrogens (tertiary/aromatic N) is 1. The van der Waals surface area contributed by atoms with Gasteiger partial charge in [-0.3, -0.25) is 4.90 Å². The second-order valence-electron chi connectivity index (χ2n) is 6.18. The first kappa shape index (κ1) is 19.1. The molecule has 0 fully saturated rings. The van der Waals surface area contributed by atoms with Crippen LogP contribution >= 0.6 is 0 Å². The maximum atomic E-state index is 5.48. The highest BCUT2D eigenvalue weighted by Gasteiger charge is 2.17. The lowest BCUT2D eigenvalue weighted by Gasteiger charge is -2.29. The Kier molecular flexibility index (Phi) is 7.14. The number of rotatable bonds is 9. The highest BCUT2D eigenvalue weighted by atomic mass is 16.5. The van der Waals surface area contributed by atoms with Crippen molar-refractivity contribution < 1.29 is 14.2 Å². The molecule has 0 bridgehead atoms. The summed E-state index contributed by atoms with van der Waals surface area (Å²) < 4.78 is 16.4. The number of benzene rings is 2. The molecular weight excluding hydrogens is 314 g/mol. The Labute approximate surface area is 151 Å². The molecule has 2 aromatic carbocycles. The summed E-state index contributed by atoms with van der Waals surface area (Å²) in [6.45, 7) is 6.21. The Morgan fingerprint density at radius 1 is 0.840 bits per heavy atom. The third kappa shape index (κ3) is 4.89. The molecule has 0 aromatic heterocycles. The SMILES string of the molecule is CC[C@H](C)N(Cc1ccccc1)Cc1cc(OC)c(OC)c(OC)c1. The molecule has 0 N–H and O–H groups in total. The second-order valence-corrected chi connectivity index (χ2v) is 6.18. The molecule has 0 unspecified atom stereocenters. The first-order valence-corrected chi connectivity index (χ1v) is 8.69. The molecule has 0 radical (unpaired) electrons. The van der Waals surface area contributed by atoms with Crippen LogP contribution in [0.25, 0.3) is 0 Å². The van der Waals surface area contributed by atoms with Crippen molar-refractivity contribution in [3.8, 4) is 17.2 Å². The number of methoxy groups -OCH3 is 3. The summed E-state index contributed by atoms with van der Waals surface area (Å²) in [6.07, 6.45) is 1.09. The van der Waals surface area contributed by atoms with Crippen molar-refractivity contribution in [2.75, 3.05) is 21.3 Å². The molecule has 0 saturated heterocycles. The van der Waals surface area contributed by atoms with Crippen molar-refractivity contribution in [3.05, 3.63) is 53.6 Å². The van der Waals surface area contributed by atoms with Gasteiger partial charge in [-0.2, -0.15) is 0 Å². The van der Waals surface area contributed by atoms with Crippen LogP contribution in [-0.2, 0) is 13.1 Å². The van der Waals surface area contributed by atoms with Gasteiger partial charge in [0.25, 0.3) is 0 Å². The Morgan fingerprint density at radius 2 is 1.40 bits per heavy atom. The summed E-state index contributed by atoms with van der Waals surface area (Å²) in [7, 11) is 4.93. The smallest absolute Gasteiger partial charge is 0.203 e. The number of ether oxygens (including phenoxy) is 3. The van der Waals surface area contributed by atoms with Crippen molar-refractivity contribution in [1.29, 1.82) is 0 Å². The van der Waals surface area contributed by atoms with Crippen LogP contribution in [0.5, 0.6) is 17.2 Å². The van der Waals surface area contributed by atoms with Gasteiger partial charge in [-0.15, -0.1) is 0 Å². The van der Waals surface area contributed by atoms with E-state index in [4.69, 9.17) is 14.2 Å². The molecule has 0 aliphatic rings. The first-order valence-electron chi connectivity index (χ1n) is 8.69. The lowest BCUT2D eigenvalue weighted by atomic mass is 10.1. The maximum absolute atomic E-state index is 5.48. The predicted octanol–water partition coefficient (Wildman–Crippen LogP) is 4.51. The Morgan fingerprint density at radius 3 is 1.88 bits per heavy atom. The van der Waals surface area contributed by atoms with Crippen LogP contribution in [0.3, 0.4) is 0 Å². The monoisotopic (exact) mass is 343 g/mol. The summed E-state index contributed by atoms with van der Waals surface area (Å²) in [5.41, 5.74) is 2.46. The Bertz CT molecular complexity index is 632. The fourth-order valence-corrected chi connectivity index (χ4v) is 2.90. The van der Waals surface area contributed by atoms with Gasteiger partial charge in [0.05, 0.1) is 21.3 Å². The summed E-state index contributed by atoms with van der Waals surface area (Å²) in [5.74, 6) is 2.02. The molecule has 0 spiro atoms. The van der Waals surface area contributed by atoms with Crippen LogP contribution in [0.15, 0.2) is 42.5 Å². The molecule has 0 aliphatic heterocycles. The summed E-state index contributed by atoms with van der Waals surface area (Å²) in [6, 6.07) is 15.1. The first-order chi connectivity index (χ1) is 12.1. The molecule has 0 amide bonds. The van der Waals surface area contributed by atoms with Crippen molar-refractivity contribution in [3.63, 3.8) is 0 Å². The van der Waals surface area contributed by atoms with Crippen molar-refractivity contribution in [2.45, 2.75) is 39.4 Å². The molecule has 0 heterocycles. The van der Waals surface area contributed by atoms with E-state index >= 15 is 0 Å². The van der Waals surface area contributed by atoms with Gasteiger partial charge in [-0.1, -0.05) is 37.3 Å². The van der Waals surface area contributed by atoms with Gasteiger partial charge in [0.2, 0.25) is 5.75 Å². The van der Waals surface area contributed by atoms with Gasteiger partial charge < -0.3 is 14.2 Å². The van der Waals surface area contributed by atoms with Gasteiger partial charge in [-0.25, -0.2) is 0 Å². The van der Waals surface area contributed by atoms with E-state index in [9.17, 15) is 0 Å². The minimum atomic E-state index is 0.472. The highest BCUT2D eigenvalue weighted by molar-refractivity contribution is 5.53. The number of hydrogen-bond acceptors (Lipinski definition) is 4. The summed E-state index contributed by atoms with van der Waals surface area (Å²) in [5, 5.41) is 0. The van der Waals surface area contributed by atoms with Crippen LogP contribution < -0.4 is 14.2 Å².